The average molecular weight is 1000 g/mol. The lowest BCUT2D eigenvalue weighted by molar-refractivity contribution is -0.143. The van der Waals surface area contributed by atoms with Gasteiger partial charge < -0.3 is 20.3 Å². The Kier molecular flexibility index (Phi) is 59.9. The Balaban J connectivity index is 3.39. The zero-order valence-corrected chi connectivity index (χ0v) is 48.2. The Morgan fingerprint density at radius 2 is 0.662 bits per heavy atom. The van der Waals surface area contributed by atoms with E-state index in [0.717, 1.165) is 44.9 Å². The van der Waals surface area contributed by atoms with Gasteiger partial charge in [0.2, 0.25) is 5.91 Å². The number of amides is 1. The van der Waals surface area contributed by atoms with Crippen LogP contribution in [0.15, 0.2) is 12.2 Å². The molecule has 0 spiro atoms. The van der Waals surface area contributed by atoms with E-state index in [1.54, 1.807) is 0 Å². The van der Waals surface area contributed by atoms with E-state index in [-0.39, 0.29) is 18.5 Å². The van der Waals surface area contributed by atoms with E-state index in [1.807, 2.05) is 0 Å². The fraction of sp³-hybridized carbons (Fsp3) is 0.938. The Morgan fingerprint density at radius 3 is 1.03 bits per heavy atom. The van der Waals surface area contributed by atoms with Crippen LogP contribution in [-0.4, -0.2) is 47.4 Å². The number of nitrogens with one attached hydrogen (secondary N) is 1. The van der Waals surface area contributed by atoms with E-state index >= 15 is 0 Å². The van der Waals surface area contributed by atoms with E-state index in [2.05, 4.69) is 31.3 Å². The summed E-state index contributed by atoms with van der Waals surface area (Å²) < 4.78 is 5.47. The first-order chi connectivity index (χ1) is 35.0. The van der Waals surface area contributed by atoms with Crippen molar-refractivity contribution in [3.05, 3.63) is 12.2 Å². The van der Waals surface area contributed by atoms with Crippen molar-refractivity contribution in [2.75, 3.05) is 13.2 Å². The maximum Gasteiger partial charge on any atom is 0.305 e. The molecule has 1 amide bonds. The minimum absolute atomic E-state index is 0.00152. The molecule has 0 radical (unpaired) electrons. The molecule has 0 aromatic rings. The Bertz CT molecular complexity index is 1060. The summed E-state index contributed by atoms with van der Waals surface area (Å²) in [5, 5.41) is 23.4. The van der Waals surface area contributed by atoms with Crippen molar-refractivity contribution in [3.63, 3.8) is 0 Å². The second-order valence-corrected chi connectivity index (χ2v) is 22.5. The van der Waals surface area contributed by atoms with Gasteiger partial charge in [-0.25, -0.2) is 0 Å². The SMILES string of the molecule is CCCCC/C=C\CCCCCCCC(=O)OCCCCCCCCCCCCCCCCCCCCCCC(=O)NC(CO)C(O)CCCCCCCCCCCCCCCCCCCCCCCC. The predicted molar refractivity (Wildman–Crippen MR) is 310 cm³/mol. The minimum atomic E-state index is -0.666. The standard InChI is InChI=1S/C65H127NO5/c1-3-5-7-9-11-13-15-17-18-19-20-21-22-25-28-31-34-37-41-45-49-53-57-63(68)62(61-67)66-64(69)58-54-50-46-42-38-35-32-29-26-23-24-27-30-33-36-40-44-48-52-56-60-71-65(70)59-55-51-47-43-39-16-14-12-10-8-6-4-2/h12,14,62-63,67-68H,3-11,13,15-61H2,1-2H3,(H,66,69)/b14-12-. The van der Waals surface area contributed by atoms with Crippen LogP contribution >= 0.6 is 0 Å². The first kappa shape index (κ1) is 69.6. The van der Waals surface area contributed by atoms with Gasteiger partial charge in [0.1, 0.15) is 0 Å². The summed E-state index contributed by atoms with van der Waals surface area (Å²) in [6.45, 7) is 4.96. The van der Waals surface area contributed by atoms with E-state index in [0.29, 0.717) is 25.9 Å². The van der Waals surface area contributed by atoms with Gasteiger partial charge >= 0.3 is 5.97 Å². The molecule has 0 bridgehead atoms. The van der Waals surface area contributed by atoms with E-state index in [1.165, 1.54) is 289 Å². The van der Waals surface area contributed by atoms with Crippen LogP contribution in [0.3, 0.4) is 0 Å². The van der Waals surface area contributed by atoms with Gasteiger partial charge in [0.15, 0.2) is 0 Å². The summed E-state index contributed by atoms with van der Waals surface area (Å²) in [5.41, 5.74) is 0. The molecule has 0 aromatic carbocycles. The fourth-order valence-electron chi connectivity index (χ4n) is 10.3. The molecule has 71 heavy (non-hydrogen) atoms. The molecule has 0 saturated carbocycles. The molecule has 0 fully saturated rings. The van der Waals surface area contributed by atoms with Crippen molar-refractivity contribution in [1.82, 2.24) is 5.32 Å². The highest BCUT2D eigenvalue weighted by molar-refractivity contribution is 5.76. The lowest BCUT2D eigenvalue weighted by atomic mass is 10.0. The summed E-state index contributed by atoms with van der Waals surface area (Å²) in [6.07, 6.45) is 73.7. The molecule has 0 rings (SSSR count). The highest BCUT2D eigenvalue weighted by atomic mass is 16.5. The van der Waals surface area contributed by atoms with E-state index in [4.69, 9.17) is 4.74 Å². The molecule has 422 valence electrons. The molecule has 6 heteroatoms. The van der Waals surface area contributed by atoms with Gasteiger partial charge in [-0.15, -0.1) is 0 Å². The van der Waals surface area contributed by atoms with Crippen molar-refractivity contribution >= 4 is 11.9 Å². The monoisotopic (exact) mass is 1000 g/mol. The van der Waals surface area contributed by atoms with Gasteiger partial charge in [0.25, 0.3) is 0 Å². The van der Waals surface area contributed by atoms with Crippen LogP contribution in [0.1, 0.15) is 367 Å². The third-order valence-corrected chi connectivity index (χ3v) is 15.3. The van der Waals surface area contributed by atoms with Gasteiger partial charge in [0, 0.05) is 12.8 Å². The quantitative estimate of drug-likeness (QED) is 0.0320. The molecule has 2 unspecified atom stereocenters. The topological polar surface area (TPSA) is 95.9 Å². The minimum Gasteiger partial charge on any atom is -0.466 e. The largest absolute Gasteiger partial charge is 0.466 e. The summed E-state index contributed by atoms with van der Waals surface area (Å²) in [5.74, 6) is -0.0310. The first-order valence-corrected chi connectivity index (χ1v) is 32.4. The van der Waals surface area contributed by atoms with Crippen LogP contribution in [0.25, 0.3) is 0 Å². The summed E-state index contributed by atoms with van der Waals surface area (Å²) in [7, 11) is 0. The number of ether oxygens (including phenoxy) is 1. The Hall–Kier alpha value is -1.40. The van der Waals surface area contributed by atoms with Gasteiger partial charge in [0.05, 0.1) is 25.4 Å². The second-order valence-electron chi connectivity index (χ2n) is 22.5. The molecular formula is C65H127NO5. The number of unbranched alkanes of at least 4 members (excludes halogenated alkanes) is 48. The maximum atomic E-state index is 12.5. The van der Waals surface area contributed by atoms with Crippen molar-refractivity contribution < 1.29 is 24.5 Å². The summed E-state index contributed by atoms with van der Waals surface area (Å²) in [4.78, 5) is 24.5. The molecule has 2 atom stereocenters. The number of esters is 1. The summed E-state index contributed by atoms with van der Waals surface area (Å²) in [6, 6.07) is -0.543. The van der Waals surface area contributed by atoms with Crippen LogP contribution in [0, 0.1) is 0 Å². The number of allylic oxidation sites excluding steroid dienone is 2. The number of carbonyl (C=O) groups is 2. The first-order valence-electron chi connectivity index (χ1n) is 32.4. The molecule has 0 saturated heterocycles. The van der Waals surface area contributed by atoms with Crippen LogP contribution in [0.4, 0.5) is 0 Å². The third kappa shape index (κ3) is 57.7. The summed E-state index contributed by atoms with van der Waals surface area (Å²) >= 11 is 0. The van der Waals surface area contributed by atoms with Crippen molar-refractivity contribution in [1.29, 1.82) is 0 Å². The second kappa shape index (κ2) is 61.1. The number of rotatable bonds is 61. The van der Waals surface area contributed by atoms with Crippen LogP contribution in [-0.2, 0) is 14.3 Å². The predicted octanol–water partition coefficient (Wildman–Crippen LogP) is 20.4. The molecular weight excluding hydrogens is 875 g/mol. The number of aliphatic hydroxyl groups is 2. The molecule has 0 aliphatic heterocycles. The number of carbonyl (C=O) groups excluding carboxylic acids is 2. The molecule has 6 nitrogen and oxygen atoms in total. The lowest BCUT2D eigenvalue weighted by Crippen LogP contribution is -2.45. The molecule has 0 aliphatic rings. The zero-order chi connectivity index (χ0) is 51.4. The Morgan fingerprint density at radius 1 is 0.380 bits per heavy atom. The Labute approximate surface area is 444 Å². The molecule has 0 heterocycles. The van der Waals surface area contributed by atoms with Gasteiger partial charge in [-0.1, -0.05) is 315 Å². The number of hydrogen-bond donors (Lipinski definition) is 3. The highest BCUT2D eigenvalue weighted by Gasteiger charge is 2.20. The van der Waals surface area contributed by atoms with Crippen molar-refractivity contribution in [2.24, 2.45) is 0 Å². The lowest BCUT2D eigenvalue weighted by Gasteiger charge is -2.22. The highest BCUT2D eigenvalue weighted by Crippen LogP contribution is 2.19. The maximum absolute atomic E-state index is 12.5. The molecule has 0 aromatic heterocycles. The number of hydrogen-bond acceptors (Lipinski definition) is 5. The van der Waals surface area contributed by atoms with Crippen LogP contribution in [0.5, 0.6) is 0 Å². The average Bonchev–Trinajstić information content (AvgIpc) is 3.37. The van der Waals surface area contributed by atoms with Crippen LogP contribution < -0.4 is 5.32 Å². The normalized spacial score (nSPS) is 12.6. The number of aliphatic hydroxyl groups excluding tert-OH is 2. The fourth-order valence-corrected chi connectivity index (χ4v) is 10.3. The van der Waals surface area contributed by atoms with E-state index in [9.17, 15) is 19.8 Å². The van der Waals surface area contributed by atoms with Gasteiger partial charge in [-0.05, 0) is 51.4 Å². The van der Waals surface area contributed by atoms with E-state index < -0.39 is 12.1 Å². The third-order valence-electron chi connectivity index (χ3n) is 15.3. The molecule has 0 aliphatic carbocycles. The van der Waals surface area contributed by atoms with Crippen LogP contribution in [0.2, 0.25) is 0 Å². The zero-order valence-electron chi connectivity index (χ0n) is 48.2. The smallest absolute Gasteiger partial charge is 0.305 e. The van der Waals surface area contributed by atoms with Gasteiger partial charge in [-0.2, -0.15) is 0 Å². The van der Waals surface area contributed by atoms with Crippen molar-refractivity contribution in [2.45, 2.75) is 379 Å². The molecule has 3 N–H and O–H groups in total. The van der Waals surface area contributed by atoms with Crippen molar-refractivity contribution in [3.8, 4) is 0 Å². The van der Waals surface area contributed by atoms with Gasteiger partial charge in [-0.3, -0.25) is 9.59 Å².